The van der Waals surface area contributed by atoms with Gasteiger partial charge in [-0.2, -0.15) is 0 Å². The molecule has 0 aromatic carbocycles. The molecule has 0 spiro atoms. The molecule has 0 radical (unpaired) electrons. The number of rotatable bonds is 5. The molecular weight excluding hydrogens is 188 g/mol. The fourth-order valence-corrected chi connectivity index (χ4v) is 1.44. The Labute approximate surface area is 91.5 Å². The van der Waals surface area contributed by atoms with Crippen LogP contribution in [0.15, 0.2) is 18.3 Å². The summed E-state index contributed by atoms with van der Waals surface area (Å²) in [5, 5.41) is 12.7. The lowest BCUT2D eigenvalue weighted by Crippen LogP contribution is -2.34. The average Bonchev–Trinajstić information content (AvgIpc) is 2.16. The summed E-state index contributed by atoms with van der Waals surface area (Å²) >= 11 is 0. The number of aryl methyl sites for hydroxylation is 1. The molecule has 3 heteroatoms. The van der Waals surface area contributed by atoms with Gasteiger partial charge in [-0.05, 0) is 31.9 Å². The quantitative estimate of drug-likeness (QED) is 0.771. The van der Waals surface area contributed by atoms with E-state index in [-0.39, 0.29) is 0 Å². The van der Waals surface area contributed by atoms with Gasteiger partial charge in [0.05, 0.1) is 11.3 Å². The van der Waals surface area contributed by atoms with Crippen LogP contribution in [-0.4, -0.2) is 22.2 Å². The topological polar surface area (TPSA) is 45.2 Å². The lowest BCUT2D eigenvalue weighted by atomic mass is 10.1. The molecule has 0 saturated heterocycles. The van der Waals surface area contributed by atoms with Crippen LogP contribution in [-0.2, 0) is 13.0 Å². The molecule has 0 bridgehead atoms. The van der Waals surface area contributed by atoms with Crippen molar-refractivity contribution in [2.75, 3.05) is 6.54 Å². The standard InChI is InChI=1S/C12H20N2O/c1-4-10-6-5-7-14-11(10)8-13-9-12(2,3)15/h5-7,13,15H,4,8-9H2,1-3H3. The molecule has 0 unspecified atom stereocenters. The molecule has 0 aliphatic rings. The van der Waals surface area contributed by atoms with E-state index >= 15 is 0 Å². The normalized spacial score (nSPS) is 11.7. The summed E-state index contributed by atoms with van der Waals surface area (Å²) in [6.45, 7) is 7.00. The molecule has 0 fully saturated rings. The largest absolute Gasteiger partial charge is 0.389 e. The highest BCUT2D eigenvalue weighted by atomic mass is 16.3. The highest BCUT2D eigenvalue weighted by Gasteiger charge is 2.11. The maximum absolute atomic E-state index is 9.54. The maximum atomic E-state index is 9.54. The van der Waals surface area contributed by atoms with Crippen molar-refractivity contribution < 1.29 is 5.11 Å². The lowest BCUT2D eigenvalue weighted by molar-refractivity contribution is 0.0794. The summed E-state index contributed by atoms with van der Waals surface area (Å²) < 4.78 is 0. The molecule has 0 amide bonds. The molecule has 1 aromatic rings. The van der Waals surface area contributed by atoms with E-state index in [1.54, 1.807) is 20.0 Å². The van der Waals surface area contributed by atoms with Gasteiger partial charge in [0.1, 0.15) is 0 Å². The van der Waals surface area contributed by atoms with Crippen molar-refractivity contribution >= 4 is 0 Å². The van der Waals surface area contributed by atoms with Crippen LogP contribution in [0.1, 0.15) is 32.0 Å². The third-order valence-corrected chi connectivity index (χ3v) is 2.22. The Morgan fingerprint density at radius 2 is 2.20 bits per heavy atom. The predicted octanol–water partition coefficient (Wildman–Crippen LogP) is 1.50. The number of aliphatic hydroxyl groups is 1. The predicted molar refractivity (Wildman–Crippen MR) is 61.6 cm³/mol. The first-order chi connectivity index (χ1) is 7.03. The monoisotopic (exact) mass is 208 g/mol. The Balaban J connectivity index is 2.50. The zero-order valence-corrected chi connectivity index (χ0v) is 9.75. The van der Waals surface area contributed by atoms with Crippen molar-refractivity contribution in [2.24, 2.45) is 0 Å². The number of nitrogens with zero attached hydrogens (tertiary/aromatic N) is 1. The maximum Gasteiger partial charge on any atom is 0.0715 e. The molecule has 1 heterocycles. The lowest BCUT2D eigenvalue weighted by Gasteiger charge is -2.18. The van der Waals surface area contributed by atoms with Crippen molar-refractivity contribution in [3.05, 3.63) is 29.6 Å². The van der Waals surface area contributed by atoms with Crippen molar-refractivity contribution in [3.8, 4) is 0 Å². The summed E-state index contributed by atoms with van der Waals surface area (Å²) in [5.41, 5.74) is 1.67. The molecule has 2 N–H and O–H groups in total. The molecule has 0 aliphatic heterocycles. The smallest absolute Gasteiger partial charge is 0.0715 e. The second-order valence-corrected chi connectivity index (χ2v) is 4.38. The minimum absolute atomic E-state index is 0.576. The fraction of sp³-hybridized carbons (Fsp3) is 0.583. The number of pyridine rings is 1. The SMILES string of the molecule is CCc1cccnc1CNCC(C)(C)O. The van der Waals surface area contributed by atoms with Gasteiger partial charge >= 0.3 is 0 Å². The van der Waals surface area contributed by atoms with Crippen LogP contribution >= 0.6 is 0 Å². The Morgan fingerprint density at radius 3 is 2.80 bits per heavy atom. The van der Waals surface area contributed by atoms with E-state index < -0.39 is 5.60 Å². The molecule has 84 valence electrons. The second-order valence-electron chi connectivity index (χ2n) is 4.38. The van der Waals surface area contributed by atoms with Crippen LogP contribution in [0.4, 0.5) is 0 Å². The summed E-state index contributed by atoms with van der Waals surface area (Å²) in [4.78, 5) is 4.32. The van der Waals surface area contributed by atoms with Crippen molar-refractivity contribution in [1.29, 1.82) is 0 Å². The van der Waals surface area contributed by atoms with E-state index in [2.05, 4.69) is 23.3 Å². The van der Waals surface area contributed by atoms with Gasteiger partial charge in [-0.3, -0.25) is 4.98 Å². The molecule has 1 rings (SSSR count). The minimum Gasteiger partial charge on any atom is -0.389 e. The van der Waals surface area contributed by atoms with Crippen molar-refractivity contribution in [1.82, 2.24) is 10.3 Å². The Bertz CT molecular complexity index is 305. The van der Waals surface area contributed by atoms with Crippen LogP contribution in [0.2, 0.25) is 0 Å². The summed E-state index contributed by atoms with van der Waals surface area (Å²) in [6.07, 6.45) is 2.80. The van der Waals surface area contributed by atoms with E-state index in [0.29, 0.717) is 13.1 Å². The molecule has 1 aromatic heterocycles. The Morgan fingerprint density at radius 1 is 1.47 bits per heavy atom. The first-order valence-electron chi connectivity index (χ1n) is 5.39. The van der Waals surface area contributed by atoms with Crippen molar-refractivity contribution in [3.63, 3.8) is 0 Å². The van der Waals surface area contributed by atoms with E-state index in [9.17, 15) is 5.11 Å². The summed E-state index contributed by atoms with van der Waals surface area (Å²) in [6, 6.07) is 4.05. The van der Waals surface area contributed by atoms with Gasteiger partial charge in [0.25, 0.3) is 0 Å². The van der Waals surface area contributed by atoms with Gasteiger partial charge in [-0.25, -0.2) is 0 Å². The van der Waals surface area contributed by atoms with E-state index in [0.717, 1.165) is 12.1 Å². The average molecular weight is 208 g/mol. The van der Waals surface area contributed by atoms with Gasteiger partial charge in [-0.1, -0.05) is 13.0 Å². The van der Waals surface area contributed by atoms with E-state index in [1.165, 1.54) is 5.56 Å². The van der Waals surface area contributed by atoms with Crippen LogP contribution in [0.25, 0.3) is 0 Å². The minimum atomic E-state index is -0.666. The van der Waals surface area contributed by atoms with Gasteiger partial charge in [0, 0.05) is 19.3 Å². The van der Waals surface area contributed by atoms with Gasteiger partial charge in [0.2, 0.25) is 0 Å². The highest BCUT2D eigenvalue weighted by molar-refractivity contribution is 5.19. The first-order valence-corrected chi connectivity index (χ1v) is 5.39. The molecular formula is C12H20N2O. The highest BCUT2D eigenvalue weighted by Crippen LogP contribution is 2.06. The van der Waals surface area contributed by atoms with E-state index in [4.69, 9.17) is 0 Å². The number of hydrogen-bond donors (Lipinski definition) is 2. The van der Waals surface area contributed by atoms with E-state index in [1.807, 2.05) is 6.07 Å². The van der Waals surface area contributed by atoms with Gasteiger partial charge < -0.3 is 10.4 Å². The molecule has 0 saturated carbocycles. The summed E-state index contributed by atoms with van der Waals surface area (Å²) in [5.74, 6) is 0. The first kappa shape index (κ1) is 12.1. The molecule has 0 atom stereocenters. The number of nitrogens with one attached hydrogen (secondary N) is 1. The molecule has 0 aliphatic carbocycles. The Hall–Kier alpha value is -0.930. The fourth-order valence-electron chi connectivity index (χ4n) is 1.44. The zero-order valence-electron chi connectivity index (χ0n) is 9.75. The second kappa shape index (κ2) is 5.24. The molecule has 3 nitrogen and oxygen atoms in total. The van der Waals surface area contributed by atoms with Crippen LogP contribution < -0.4 is 5.32 Å². The number of hydrogen-bond acceptors (Lipinski definition) is 3. The Kier molecular flexibility index (Phi) is 4.24. The zero-order chi connectivity index (χ0) is 11.3. The van der Waals surface area contributed by atoms with Crippen LogP contribution in [0.3, 0.4) is 0 Å². The molecule has 15 heavy (non-hydrogen) atoms. The summed E-state index contributed by atoms with van der Waals surface area (Å²) in [7, 11) is 0. The van der Waals surface area contributed by atoms with Crippen LogP contribution in [0, 0.1) is 0 Å². The third-order valence-electron chi connectivity index (χ3n) is 2.22. The third kappa shape index (κ3) is 4.40. The van der Waals surface area contributed by atoms with Gasteiger partial charge in [-0.15, -0.1) is 0 Å². The van der Waals surface area contributed by atoms with Gasteiger partial charge in [0.15, 0.2) is 0 Å². The van der Waals surface area contributed by atoms with Crippen molar-refractivity contribution in [2.45, 2.75) is 39.3 Å². The van der Waals surface area contributed by atoms with Crippen LogP contribution in [0.5, 0.6) is 0 Å². The number of aromatic nitrogens is 1.